The minimum atomic E-state index is -0.465. The highest BCUT2D eigenvalue weighted by Gasteiger charge is 2.17. The van der Waals surface area contributed by atoms with Crippen molar-refractivity contribution in [2.45, 2.75) is 5.75 Å². The van der Waals surface area contributed by atoms with Gasteiger partial charge in [0.05, 0.1) is 25.2 Å². The van der Waals surface area contributed by atoms with Crippen LogP contribution in [0.4, 0.5) is 5.69 Å². The second-order valence-electron chi connectivity index (χ2n) is 2.75. The van der Waals surface area contributed by atoms with Gasteiger partial charge in [0.25, 0.3) is 5.69 Å². The maximum Gasteiger partial charge on any atom is 0.277 e. The first-order valence-corrected chi connectivity index (χ1v) is 4.77. The fourth-order valence-corrected chi connectivity index (χ4v) is 1.46. The van der Waals surface area contributed by atoms with Crippen molar-refractivity contribution in [3.63, 3.8) is 0 Å². The Labute approximate surface area is 92.6 Å². The number of hydrogen-bond donors (Lipinski definition) is 1. The van der Waals surface area contributed by atoms with Gasteiger partial charge in [0.15, 0.2) is 11.5 Å². The van der Waals surface area contributed by atoms with Crippen LogP contribution in [0.2, 0.25) is 0 Å². The molecule has 0 amide bonds. The summed E-state index contributed by atoms with van der Waals surface area (Å²) in [5.74, 6) is 1.08. The van der Waals surface area contributed by atoms with E-state index in [9.17, 15) is 10.1 Å². The molecule has 5 nitrogen and oxygen atoms in total. The number of methoxy groups -OCH3 is 2. The molecule has 0 aromatic heterocycles. The standard InChI is InChI=1S/C9H11NO4S/c1-13-8-3-6(5-15)7(10(11)12)4-9(8)14-2/h3-4,15H,5H2,1-2H3. The van der Waals surface area contributed by atoms with E-state index < -0.39 is 4.92 Å². The molecular formula is C9H11NO4S. The predicted octanol–water partition coefficient (Wildman–Crippen LogP) is 2.04. The predicted molar refractivity (Wildman–Crippen MR) is 58.9 cm³/mol. The Morgan fingerprint density at radius 3 is 2.27 bits per heavy atom. The minimum Gasteiger partial charge on any atom is -0.493 e. The van der Waals surface area contributed by atoms with Crippen LogP contribution in [0.5, 0.6) is 11.5 Å². The number of thiol groups is 1. The molecule has 0 radical (unpaired) electrons. The lowest BCUT2D eigenvalue weighted by Crippen LogP contribution is -1.97. The van der Waals surface area contributed by atoms with E-state index >= 15 is 0 Å². The molecule has 0 spiro atoms. The van der Waals surface area contributed by atoms with Gasteiger partial charge in [-0.2, -0.15) is 12.6 Å². The molecule has 1 aromatic carbocycles. The van der Waals surface area contributed by atoms with Gasteiger partial charge >= 0.3 is 0 Å². The molecule has 0 atom stereocenters. The van der Waals surface area contributed by atoms with Crippen molar-refractivity contribution < 1.29 is 14.4 Å². The number of ether oxygens (including phenoxy) is 2. The van der Waals surface area contributed by atoms with Crippen molar-refractivity contribution in [2.24, 2.45) is 0 Å². The van der Waals surface area contributed by atoms with Crippen LogP contribution in [0.15, 0.2) is 12.1 Å². The van der Waals surface area contributed by atoms with Crippen LogP contribution in [0.25, 0.3) is 0 Å². The summed E-state index contributed by atoms with van der Waals surface area (Å²) in [6.45, 7) is 0. The molecule has 0 unspecified atom stereocenters. The summed E-state index contributed by atoms with van der Waals surface area (Å²) in [5.41, 5.74) is 0.489. The second-order valence-corrected chi connectivity index (χ2v) is 3.07. The first kappa shape index (κ1) is 11.6. The molecule has 1 rings (SSSR count). The highest BCUT2D eigenvalue weighted by Crippen LogP contribution is 2.34. The highest BCUT2D eigenvalue weighted by molar-refractivity contribution is 7.79. The molecule has 0 saturated heterocycles. The van der Waals surface area contributed by atoms with Crippen molar-refractivity contribution in [1.29, 1.82) is 0 Å². The molecular weight excluding hydrogens is 218 g/mol. The molecule has 0 heterocycles. The molecule has 15 heavy (non-hydrogen) atoms. The molecule has 82 valence electrons. The monoisotopic (exact) mass is 229 g/mol. The summed E-state index contributed by atoms with van der Waals surface area (Å²) >= 11 is 4.02. The third-order valence-corrected chi connectivity index (χ3v) is 2.29. The van der Waals surface area contributed by atoms with Gasteiger partial charge in [-0.25, -0.2) is 0 Å². The van der Waals surface area contributed by atoms with Gasteiger partial charge in [-0.05, 0) is 6.07 Å². The Kier molecular flexibility index (Phi) is 3.79. The average molecular weight is 229 g/mol. The Hall–Kier alpha value is -1.43. The molecule has 0 aliphatic carbocycles. The Bertz CT molecular complexity index is 381. The van der Waals surface area contributed by atoms with Crippen molar-refractivity contribution >= 4 is 18.3 Å². The molecule has 1 aromatic rings. The summed E-state index contributed by atoms with van der Waals surface area (Å²) in [6, 6.07) is 2.90. The van der Waals surface area contributed by atoms with Crippen LogP contribution in [0.1, 0.15) is 5.56 Å². The van der Waals surface area contributed by atoms with Crippen LogP contribution in [0.3, 0.4) is 0 Å². The van der Waals surface area contributed by atoms with Gasteiger partial charge in [-0.1, -0.05) is 0 Å². The van der Waals surface area contributed by atoms with Crippen LogP contribution in [-0.2, 0) is 5.75 Å². The molecule has 0 aliphatic rings. The Morgan fingerprint density at radius 1 is 1.33 bits per heavy atom. The third-order valence-electron chi connectivity index (χ3n) is 1.95. The number of nitro groups is 1. The lowest BCUT2D eigenvalue weighted by atomic mass is 10.2. The maximum absolute atomic E-state index is 10.7. The zero-order valence-corrected chi connectivity index (χ0v) is 9.28. The zero-order chi connectivity index (χ0) is 11.4. The SMILES string of the molecule is COc1cc(CS)c([N+](=O)[O-])cc1OC. The van der Waals surface area contributed by atoms with E-state index in [0.29, 0.717) is 17.1 Å². The summed E-state index contributed by atoms with van der Waals surface area (Å²) < 4.78 is 10.0. The fraction of sp³-hybridized carbons (Fsp3) is 0.333. The molecule has 0 fully saturated rings. The van der Waals surface area contributed by atoms with E-state index in [1.54, 1.807) is 6.07 Å². The second kappa shape index (κ2) is 4.88. The molecule has 0 aliphatic heterocycles. The number of nitrogens with zero attached hydrogens (tertiary/aromatic N) is 1. The lowest BCUT2D eigenvalue weighted by molar-refractivity contribution is -0.385. The first-order valence-electron chi connectivity index (χ1n) is 4.14. The summed E-state index contributed by atoms with van der Waals surface area (Å²) in [6.07, 6.45) is 0. The van der Waals surface area contributed by atoms with E-state index in [4.69, 9.17) is 9.47 Å². The minimum absolute atomic E-state index is 0.0114. The first-order chi connectivity index (χ1) is 7.13. The number of rotatable bonds is 4. The van der Waals surface area contributed by atoms with Crippen molar-refractivity contribution in [3.05, 3.63) is 27.8 Å². The van der Waals surface area contributed by atoms with Crippen molar-refractivity contribution in [3.8, 4) is 11.5 Å². The number of benzene rings is 1. The lowest BCUT2D eigenvalue weighted by Gasteiger charge is -2.09. The largest absolute Gasteiger partial charge is 0.493 e. The average Bonchev–Trinajstić information content (AvgIpc) is 2.26. The maximum atomic E-state index is 10.7. The van der Waals surface area contributed by atoms with Gasteiger partial charge in [-0.3, -0.25) is 10.1 Å². The fourth-order valence-electron chi connectivity index (χ4n) is 1.21. The van der Waals surface area contributed by atoms with Crippen molar-refractivity contribution in [1.82, 2.24) is 0 Å². The quantitative estimate of drug-likeness (QED) is 0.487. The molecule has 6 heteroatoms. The zero-order valence-electron chi connectivity index (χ0n) is 8.39. The van der Waals surface area contributed by atoms with Crippen LogP contribution in [0, 0.1) is 10.1 Å². The highest BCUT2D eigenvalue weighted by atomic mass is 32.1. The smallest absolute Gasteiger partial charge is 0.277 e. The van der Waals surface area contributed by atoms with E-state index in [0.717, 1.165) is 0 Å². The van der Waals surface area contributed by atoms with Gasteiger partial charge in [-0.15, -0.1) is 0 Å². The Morgan fingerprint density at radius 2 is 1.87 bits per heavy atom. The topological polar surface area (TPSA) is 61.6 Å². The van der Waals surface area contributed by atoms with E-state index in [2.05, 4.69) is 12.6 Å². The van der Waals surface area contributed by atoms with Gasteiger partial charge < -0.3 is 9.47 Å². The van der Waals surface area contributed by atoms with E-state index in [1.165, 1.54) is 20.3 Å². The van der Waals surface area contributed by atoms with Gasteiger partial charge in [0.2, 0.25) is 0 Å². The normalized spacial score (nSPS) is 9.80. The van der Waals surface area contributed by atoms with Crippen LogP contribution >= 0.6 is 12.6 Å². The number of nitro benzene ring substituents is 1. The van der Waals surface area contributed by atoms with Crippen LogP contribution < -0.4 is 9.47 Å². The Balaban J connectivity index is 3.34. The molecule has 0 bridgehead atoms. The van der Waals surface area contributed by atoms with E-state index in [-0.39, 0.29) is 11.4 Å². The molecule has 0 N–H and O–H groups in total. The van der Waals surface area contributed by atoms with E-state index in [1.807, 2.05) is 0 Å². The number of hydrogen-bond acceptors (Lipinski definition) is 5. The van der Waals surface area contributed by atoms with Crippen LogP contribution in [-0.4, -0.2) is 19.1 Å². The van der Waals surface area contributed by atoms with Crippen molar-refractivity contribution in [2.75, 3.05) is 14.2 Å². The van der Waals surface area contributed by atoms with Gasteiger partial charge in [0, 0.05) is 11.3 Å². The third kappa shape index (κ3) is 2.33. The summed E-state index contributed by atoms with van der Waals surface area (Å²) in [7, 11) is 2.91. The van der Waals surface area contributed by atoms with Gasteiger partial charge in [0.1, 0.15) is 0 Å². The summed E-state index contributed by atoms with van der Waals surface area (Å²) in [5, 5.41) is 10.7. The molecule has 0 saturated carbocycles. The summed E-state index contributed by atoms with van der Waals surface area (Å²) in [4.78, 5) is 10.3.